The third kappa shape index (κ3) is 7.24. The normalized spacial score (nSPS) is 10.0. The molecule has 0 aliphatic rings. The van der Waals surface area contributed by atoms with Gasteiger partial charge in [-0.05, 0) is 13.0 Å². The van der Waals surface area contributed by atoms with Crippen molar-refractivity contribution in [2.75, 3.05) is 13.1 Å². The average Bonchev–Trinajstić information content (AvgIpc) is 2.25. The Morgan fingerprint density at radius 3 is 2.93 bits per heavy atom. The number of benzene rings is 1. The number of aryl methyl sites for hydroxylation is 1. The van der Waals surface area contributed by atoms with Crippen LogP contribution in [0.2, 0.25) is 0 Å². The van der Waals surface area contributed by atoms with Gasteiger partial charge >= 0.3 is 0 Å². The van der Waals surface area contributed by atoms with E-state index in [0.29, 0.717) is 0 Å². The van der Waals surface area contributed by atoms with Gasteiger partial charge in [-0.25, -0.2) is 0 Å². The monoisotopic (exact) mass is 276 g/mol. The molecule has 77 valence electrons. The molecule has 3 radical (unpaired) electrons. The van der Waals surface area contributed by atoms with Crippen molar-refractivity contribution in [2.45, 2.75) is 19.8 Å². The summed E-state index contributed by atoms with van der Waals surface area (Å²) < 4.78 is 0. The molecule has 4 heteroatoms. The van der Waals surface area contributed by atoms with Gasteiger partial charge in [-0.15, -0.1) is 0 Å². The van der Waals surface area contributed by atoms with Gasteiger partial charge in [0.15, 0.2) is 0 Å². The first kappa shape index (κ1) is 15.3. The zero-order valence-corrected chi connectivity index (χ0v) is 12.1. The van der Waals surface area contributed by atoms with E-state index < -0.39 is 0 Å². The van der Waals surface area contributed by atoms with Crippen LogP contribution in [0.25, 0.3) is 0 Å². The van der Waals surface area contributed by atoms with Crippen LogP contribution in [0.5, 0.6) is 0 Å². The molecule has 0 aliphatic carbocycles. The van der Waals surface area contributed by atoms with Gasteiger partial charge in [-0.3, -0.25) is 10.3 Å². The van der Waals surface area contributed by atoms with Crippen LogP contribution in [0, 0.1) is 6.07 Å². The van der Waals surface area contributed by atoms with E-state index in [1.54, 1.807) is 4.92 Å². The molecule has 0 saturated carbocycles. The van der Waals surface area contributed by atoms with Gasteiger partial charge in [-0.2, -0.15) is 35.9 Å². The van der Waals surface area contributed by atoms with Crippen LogP contribution in [0.1, 0.15) is 18.9 Å². The number of nitrogens with one attached hydrogen (secondary N) is 1. The summed E-state index contributed by atoms with van der Waals surface area (Å²) in [5, 5.41) is 0. The van der Waals surface area contributed by atoms with Gasteiger partial charge in [0.05, 0.1) is 0 Å². The smallest absolute Gasteiger partial charge is 0.206 e. The first-order valence-electron chi connectivity index (χ1n) is 5.03. The summed E-state index contributed by atoms with van der Waals surface area (Å²) in [6.07, 6.45) is 2.16. The fourth-order valence-corrected chi connectivity index (χ4v) is 1.21. The molecule has 0 amide bonds. The third-order valence-corrected chi connectivity index (χ3v) is 2.07. The van der Waals surface area contributed by atoms with Gasteiger partial charge in [0.25, 0.3) is 0 Å². The molecule has 0 bridgehead atoms. The molecule has 0 atom stereocenters. The van der Waals surface area contributed by atoms with Crippen molar-refractivity contribution in [3.05, 3.63) is 35.9 Å². The van der Waals surface area contributed by atoms with E-state index in [1.807, 2.05) is 25.1 Å². The Hall–Kier alpha value is 0.309. The molecule has 1 N–H and O–H groups in total. The second kappa shape index (κ2) is 9.53. The minimum Gasteiger partial charge on any atom is -0.298 e. The Morgan fingerprint density at radius 1 is 1.53 bits per heavy atom. The number of hydrazine groups is 1. The molecule has 1 rings (SSSR count). The van der Waals surface area contributed by atoms with Crippen molar-refractivity contribution in [1.82, 2.24) is 10.3 Å². The van der Waals surface area contributed by atoms with Crippen molar-refractivity contribution < 1.29 is 32.7 Å². The van der Waals surface area contributed by atoms with E-state index >= 15 is 0 Å². The summed E-state index contributed by atoms with van der Waals surface area (Å²) >= 11 is 0. The average molecular weight is 276 g/mol. The first-order chi connectivity index (χ1) is 6.83. The molecule has 15 heavy (non-hydrogen) atoms. The predicted octanol–water partition coefficient (Wildman–Crippen LogP) is 1.33. The van der Waals surface area contributed by atoms with E-state index in [-0.39, 0.29) is 32.7 Å². The van der Waals surface area contributed by atoms with Gasteiger partial charge in [0.2, 0.25) is 7.98 Å². The van der Waals surface area contributed by atoms with Crippen LogP contribution in [-0.4, -0.2) is 26.0 Å². The van der Waals surface area contributed by atoms with Crippen molar-refractivity contribution in [3.8, 4) is 0 Å². The van der Waals surface area contributed by atoms with Crippen molar-refractivity contribution in [2.24, 2.45) is 0 Å². The minimum absolute atomic E-state index is 0. The Bertz CT molecular complexity index is 244. The topological polar surface area (TPSA) is 15.3 Å². The number of rotatable bonds is 6. The van der Waals surface area contributed by atoms with Crippen LogP contribution in [0.4, 0.5) is 0 Å². The number of nitrogens with zero attached hydrogens (tertiary/aromatic N) is 1. The van der Waals surface area contributed by atoms with Crippen LogP contribution in [0.3, 0.4) is 0 Å². The summed E-state index contributed by atoms with van der Waals surface area (Å²) in [5.41, 5.74) is 4.43. The first-order valence-corrected chi connectivity index (χ1v) is 5.03. The molecule has 2 nitrogen and oxygen atoms in total. The van der Waals surface area contributed by atoms with Crippen LogP contribution >= 0.6 is 0 Å². The Balaban J connectivity index is 0.00000196. The molecule has 0 fully saturated rings. The zero-order chi connectivity index (χ0) is 10.2. The second-order valence-corrected chi connectivity index (χ2v) is 3.21. The van der Waals surface area contributed by atoms with Gasteiger partial charge in [-0.1, -0.05) is 13.3 Å². The van der Waals surface area contributed by atoms with Gasteiger partial charge in [0.1, 0.15) is 0 Å². The standard InChI is InChI=1S/C11H16BN2.Y/c1-2-14(12)13-10-6-9-11-7-4-3-5-8-11;/h3-4,7-8,13H,2,6,9-10H2,1H3;/q-1;. The zero-order valence-electron chi connectivity index (χ0n) is 9.24. The molecule has 0 unspecified atom stereocenters. The van der Waals surface area contributed by atoms with E-state index in [2.05, 4.69) is 17.6 Å². The Morgan fingerprint density at radius 2 is 2.33 bits per heavy atom. The molecule has 0 saturated heterocycles. The van der Waals surface area contributed by atoms with Crippen LogP contribution in [0.15, 0.2) is 24.3 Å². The molecule has 0 spiro atoms. The quantitative estimate of drug-likeness (QED) is 0.365. The fraction of sp³-hybridized carbons (Fsp3) is 0.455. The maximum atomic E-state index is 5.57. The maximum absolute atomic E-state index is 5.57. The third-order valence-electron chi connectivity index (χ3n) is 2.07. The molecule has 0 heterocycles. The molecular formula is C11H16BN2Y-. The summed E-state index contributed by atoms with van der Waals surface area (Å²) in [6.45, 7) is 3.75. The molecule has 1 aromatic rings. The summed E-state index contributed by atoms with van der Waals surface area (Å²) in [4.78, 5) is 1.61. The summed E-state index contributed by atoms with van der Waals surface area (Å²) in [6, 6.07) is 11.2. The Kier molecular flexibility index (Phi) is 9.72. The van der Waals surface area contributed by atoms with E-state index in [1.165, 1.54) is 5.56 Å². The summed E-state index contributed by atoms with van der Waals surface area (Å²) in [5.74, 6) is 0. The van der Waals surface area contributed by atoms with Crippen LogP contribution < -0.4 is 5.43 Å². The SMILES string of the molecule is [B]N(CC)NCCCc1c[c-]ccc1.[Y]. The largest absolute Gasteiger partial charge is 0.298 e. The Labute approximate surface area is 119 Å². The van der Waals surface area contributed by atoms with E-state index in [0.717, 1.165) is 25.9 Å². The van der Waals surface area contributed by atoms with E-state index in [4.69, 9.17) is 7.98 Å². The van der Waals surface area contributed by atoms with Crippen molar-refractivity contribution >= 4 is 7.98 Å². The number of hydrogen-bond acceptors (Lipinski definition) is 2. The summed E-state index contributed by atoms with van der Waals surface area (Å²) in [7, 11) is 5.57. The van der Waals surface area contributed by atoms with Gasteiger partial charge < -0.3 is 0 Å². The maximum Gasteiger partial charge on any atom is 0.206 e. The number of hydrogen-bond donors (Lipinski definition) is 1. The second-order valence-electron chi connectivity index (χ2n) is 3.21. The van der Waals surface area contributed by atoms with Crippen molar-refractivity contribution in [3.63, 3.8) is 0 Å². The minimum atomic E-state index is 0. The van der Waals surface area contributed by atoms with E-state index in [9.17, 15) is 0 Å². The van der Waals surface area contributed by atoms with Gasteiger partial charge in [0, 0.05) is 39.3 Å². The molecule has 1 aromatic carbocycles. The predicted molar refractivity (Wildman–Crippen MR) is 59.7 cm³/mol. The molecule has 0 aliphatic heterocycles. The molecular weight excluding hydrogens is 260 g/mol. The van der Waals surface area contributed by atoms with Crippen LogP contribution in [-0.2, 0) is 39.1 Å². The van der Waals surface area contributed by atoms with Crippen molar-refractivity contribution in [1.29, 1.82) is 0 Å². The fourth-order valence-electron chi connectivity index (χ4n) is 1.21. The molecule has 0 aromatic heterocycles.